The van der Waals surface area contributed by atoms with Crippen molar-refractivity contribution >= 4 is 46.0 Å². The molecule has 0 N–H and O–H groups in total. The molecule has 1 aliphatic heterocycles. The average Bonchev–Trinajstić information content (AvgIpc) is 3.07. The largest absolute Gasteiger partial charge is 0.493 e. The summed E-state index contributed by atoms with van der Waals surface area (Å²) in [5, 5.41) is 0. The third-order valence-corrected chi connectivity index (χ3v) is 5.90. The molecular formula is C24H18FNO3S2. The van der Waals surface area contributed by atoms with E-state index in [9.17, 15) is 9.18 Å². The van der Waals surface area contributed by atoms with Crippen molar-refractivity contribution in [3.8, 4) is 11.5 Å². The summed E-state index contributed by atoms with van der Waals surface area (Å²) in [6, 6.07) is 21.0. The summed E-state index contributed by atoms with van der Waals surface area (Å²) in [6.45, 7) is 0.423. The number of hydrogen-bond acceptors (Lipinski definition) is 5. The van der Waals surface area contributed by atoms with Crippen LogP contribution in [0.4, 0.5) is 10.1 Å². The smallest absolute Gasteiger partial charge is 0.270 e. The minimum atomic E-state index is -0.369. The number of thiocarbonyl (C=S) groups is 1. The van der Waals surface area contributed by atoms with Gasteiger partial charge in [0.05, 0.1) is 17.7 Å². The second-order valence-corrected chi connectivity index (χ2v) is 8.35. The first-order chi connectivity index (χ1) is 15.0. The molecule has 0 radical (unpaired) electrons. The van der Waals surface area contributed by atoms with Crippen molar-refractivity contribution in [2.75, 3.05) is 12.0 Å². The van der Waals surface area contributed by atoms with Gasteiger partial charge in [-0.25, -0.2) is 4.39 Å². The van der Waals surface area contributed by atoms with Gasteiger partial charge in [-0.3, -0.25) is 9.69 Å². The third kappa shape index (κ3) is 4.78. The molecule has 3 aromatic carbocycles. The lowest BCUT2D eigenvalue weighted by molar-refractivity contribution is -0.113. The molecule has 1 saturated heterocycles. The average molecular weight is 452 g/mol. The summed E-state index contributed by atoms with van der Waals surface area (Å²) in [4.78, 5) is 14.8. The highest BCUT2D eigenvalue weighted by Gasteiger charge is 2.33. The molecule has 0 saturated carbocycles. The zero-order valence-corrected chi connectivity index (χ0v) is 18.2. The number of nitrogens with zero attached hydrogens (tertiary/aromatic N) is 1. The molecule has 1 heterocycles. The van der Waals surface area contributed by atoms with Gasteiger partial charge in [-0.2, -0.15) is 0 Å². The fraction of sp³-hybridized carbons (Fsp3) is 0.0833. The summed E-state index contributed by atoms with van der Waals surface area (Å²) >= 11 is 6.57. The Bertz CT molecular complexity index is 1150. The van der Waals surface area contributed by atoms with Crippen LogP contribution in [0.1, 0.15) is 11.1 Å². The molecule has 0 aliphatic carbocycles. The zero-order chi connectivity index (χ0) is 21.8. The van der Waals surface area contributed by atoms with Gasteiger partial charge in [0.15, 0.2) is 15.8 Å². The molecule has 1 amide bonds. The van der Waals surface area contributed by atoms with E-state index >= 15 is 0 Å². The van der Waals surface area contributed by atoms with Gasteiger partial charge in [-0.05, 0) is 53.6 Å². The number of carbonyl (C=O) groups is 1. The number of anilines is 1. The molecule has 0 spiro atoms. The van der Waals surface area contributed by atoms with E-state index < -0.39 is 0 Å². The van der Waals surface area contributed by atoms with E-state index in [0.717, 1.165) is 11.1 Å². The molecule has 3 aromatic rings. The third-order valence-electron chi connectivity index (χ3n) is 4.60. The Kier molecular flexibility index (Phi) is 6.34. The molecular weight excluding hydrogens is 433 g/mol. The number of benzene rings is 3. The van der Waals surface area contributed by atoms with Crippen LogP contribution < -0.4 is 14.4 Å². The van der Waals surface area contributed by atoms with Gasteiger partial charge in [0.25, 0.3) is 5.91 Å². The predicted octanol–water partition coefficient (Wildman–Crippen LogP) is 5.82. The summed E-state index contributed by atoms with van der Waals surface area (Å²) in [5.41, 5.74) is 2.37. The van der Waals surface area contributed by atoms with Gasteiger partial charge in [0, 0.05) is 0 Å². The van der Waals surface area contributed by atoms with Gasteiger partial charge in [0.2, 0.25) is 0 Å². The molecule has 1 aliphatic rings. The molecule has 4 nitrogen and oxygen atoms in total. The van der Waals surface area contributed by atoms with Gasteiger partial charge in [0.1, 0.15) is 12.4 Å². The first-order valence-corrected chi connectivity index (χ1v) is 10.7. The van der Waals surface area contributed by atoms with Crippen molar-refractivity contribution in [1.29, 1.82) is 0 Å². The molecule has 0 atom stereocenters. The van der Waals surface area contributed by atoms with Crippen LogP contribution in [-0.2, 0) is 11.4 Å². The van der Waals surface area contributed by atoms with Gasteiger partial charge in [-0.15, -0.1) is 0 Å². The molecule has 1 fully saturated rings. The number of amides is 1. The zero-order valence-electron chi connectivity index (χ0n) is 16.6. The van der Waals surface area contributed by atoms with Crippen LogP contribution >= 0.6 is 24.0 Å². The number of hydrogen-bond donors (Lipinski definition) is 0. The Morgan fingerprint density at radius 1 is 1.03 bits per heavy atom. The van der Waals surface area contributed by atoms with Crippen molar-refractivity contribution in [3.63, 3.8) is 0 Å². The highest BCUT2D eigenvalue weighted by Crippen LogP contribution is 2.37. The summed E-state index contributed by atoms with van der Waals surface area (Å²) in [7, 11) is 1.57. The van der Waals surface area contributed by atoms with Crippen molar-refractivity contribution in [2.24, 2.45) is 0 Å². The van der Waals surface area contributed by atoms with Crippen molar-refractivity contribution in [1.82, 2.24) is 0 Å². The quantitative estimate of drug-likeness (QED) is 0.349. The summed E-state index contributed by atoms with van der Waals surface area (Å²) in [5.74, 6) is 0.567. The van der Waals surface area contributed by atoms with Crippen LogP contribution in [0, 0.1) is 5.82 Å². The van der Waals surface area contributed by atoms with Crippen LogP contribution in [0.2, 0.25) is 0 Å². The number of rotatable bonds is 6. The maximum atomic E-state index is 13.2. The Labute approximate surface area is 189 Å². The number of halogens is 1. The Morgan fingerprint density at radius 3 is 2.48 bits per heavy atom. The number of ether oxygens (including phenoxy) is 2. The van der Waals surface area contributed by atoms with Gasteiger partial charge < -0.3 is 9.47 Å². The topological polar surface area (TPSA) is 38.8 Å². The van der Waals surface area contributed by atoms with E-state index in [2.05, 4.69) is 0 Å². The lowest BCUT2D eigenvalue weighted by atomic mass is 10.1. The first-order valence-electron chi connectivity index (χ1n) is 9.43. The maximum Gasteiger partial charge on any atom is 0.270 e. The van der Waals surface area contributed by atoms with E-state index in [1.165, 1.54) is 40.9 Å². The molecule has 156 valence electrons. The minimum Gasteiger partial charge on any atom is -0.493 e. The number of carbonyl (C=O) groups excluding carboxylic acids is 1. The lowest BCUT2D eigenvalue weighted by Crippen LogP contribution is -2.27. The fourth-order valence-corrected chi connectivity index (χ4v) is 4.36. The first kappa shape index (κ1) is 21.1. The van der Waals surface area contributed by atoms with Crippen molar-refractivity contribution in [2.45, 2.75) is 6.61 Å². The van der Waals surface area contributed by atoms with Gasteiger partial charge >= 0.3 is 0 Å². The van der Waals surface area contributed by atoms with Gasteiger partial charge in [-0.1, -0.05) is 60.4 Å². The monoisotopic (exact) mass is 451 g/mol. The molecule has 4 rings (SSSR count). The SMILES string of the molecule is COc1cc(/C=C2\SC(=S)N(c3ccc(F)cc3)C2=O)ccc1OCc1ccccc1. The Balaban J connectivity index is 1.53. The molecule has 7 heteroatoms. The minimum absolute atomic E-state index is 0.245. The highest BCUT2D eigenvalue weighted by atomic mass is 32.2. The second-order valence-electron chi connectivity index (χ2n) is 6.68. The van der Waals surface area contributed by atoms with E-state index in [4.69, 9.17) is 21.7 Å². The Hall–Kier alpha value is -3.16. The Morgan fingerprint density at radius 2 is 1.77 bits per heavy atom. The van der Waals surface area contributed by atoms with E-state index in [1.807, 2.05) is 48.5 Å². The van der Waals surface area contributed by atoms with Crippen LogP contribution in [0.3, 0.4) is 0 Å². The lowest BCUT2D eigenvalue weighted by Gasteiger charge is -2.14. The summed E-state index contributed by atoms with van der Waals surface area (Å²) in [6.07, 6.45) is 1.76. The molecule has 0 unspecified atom stereocenters. The van der Waals surface area contributed by atoms with Crippen LogP contribution in [-0.4, -0.2) is 17.3 Å². The molecule has 31 heavy (non-hydrogen) atoms. The predicted molar refractivity (Wildman–Crippen MR) is 126 cm³/mol. The second kappa shape index (κ2) is 9.32. The van der Waals surface area contributed by atoms with Crippen molar-refractivity contribution < 1.29 is 18.7 Å². The fourth-order valence-electron chi connectivity index (χ4n) is 3.06. The van der Waals surface area contributed by atoms with Crippen LogP contribution in [0.15, 0.2) is 77.7 Å². The number of methoxy groups -OCH3 is 1. The summed E-state index contributed by atoms with van der Waals surface area (Å²) < 4.78 is 25.0. The maximum absolute atomic E-state index is 13.2. The molecule has 0 aromatic heterocycles. The normalized spacial score (nSPS) is 14.9. The van der Waals surface area contributed by atoms with E-state index in [1.54, 1.807) is 13.2 Å². The van der Waals surface area contributed by atoms with Crippen LogP contribution in [0.5, 0.6) is 11.5 Å². The van der Waals surface area contributed by atoms with E-state index in [-0.39, 0.29) is 11.7 Å². The van der Waals surface area contributed by atoms with E-state index in [0.29, 0.717) is 33.0 Å². The van der Waals surface area contributed by atoms with Crippen LogP contribution in [0.25, 0.3) is 6.08 Å². The standard InChI is InChI=1S/C24H18FNO3S2/c1-28-21-13-17(7-12-20(21)29-15-16-5-3-2-4-6-16)14-22-23(27)26(24(30)31-22)19-10-8-18(25)9-11-19/h2-14H,15H2,1H3/b22-14-. The molecule has 0 bridgehead atoms. The number of thioether (sulfide) groups is 1. The van der Waals surface area contributed by atoms with Crippen molar-refractivity contribution in [3.05, 3.63) is 94.6 Å². The highest BCUT2D eigenvalue weighted by molar-refractivity contribution is 8.27.